The summed E-state index contributed by atoms with van der Waals surface area (Å²) in [6.07, 6.45) is 6.58. The van der Waals surface area contributed by atoms with Crippen LogP contribution in [-0.4, -0.2) is 50.0 Å². The summed E-state index contributed by atoms with van der Waals surface area (Å²) in [5, 5.41) is 3.23. The number of hydrogen-bond acceptors (Lipinski definition) is 4. The van der Waals surface area contributed by atoms with E-state index in [9.17, 15) is 18.0 Å². The van der Waals surface area contributed by atoms with E-state index in [4.69, 9.17) is 0 Å². The molecule has 1 fully saturated rings. The highest BCUT2D eigenvalue weighted by molar-refractivity contribution is 7.92. The van der Waals surface area contributed by atoms with E-state index in [-0.39, 0.29) is 18.5 Å². The maximum Gasteiger partial charge on any atom is 0.244 e. The first-order valence-electron chi connectivity index (χ1n) is 14.3. The van der Waals surface area contributed by atoms with Gasteiger partial charge in [-0.3, -0.25) is 13.9 Å². The van der Waals surface area contributed by atoms with Crippen molar-refractivity contribution in [3.63, 3.8) is 0 Å². The molecule has 3 aromatic rings. The average Bonchev–Trinajstić information content (AvgIpc) is 2.95. The average molecular weight is 576 g/mol. The Hall–Kier alpha value is -3.65. The van der Waals surface area contributed by atoms with E-state index in [1.165, 1.54) is 4.31 Å². The van der Waals surface area contributed by atoms with E-state index >= 15 is 0 Å². The molecule has 0 aliphatic heterocycles. The maximum absolute atomic E-state index is 14.3. The van der Waals surface area contributed by atoms with Crippen molar-refractivity contribution in [2.45, 2.75) is 71.0 Å². The van der Waals surface area contributed by atoms with Crippen molar-refractivity contribution in [3.8, 4) is 0 Å². The molecule has 4 rings (SSSR count). The monoisotopic (exact) mass is 575 g/mol. The molecule has 0 aromatic heterocycles. The van der Waals surface area contributed by atoms with Crippen LogP contribution in [0.2, 0.25) is 0 Å². The van der Waals surface area contributed by atoms with E-state index in [2.05, 4.69) is 5.32 Å². The molecule has 8 heteroatoms. The number of aryl methyl sites for hydroxylation is 2. The highest BCUT2D eigenvalue weighted by Gasteiger charge is 2.34. The number of carbonyl (C=O) groups is 2. The maximum atomic E-state index is 14.3. The lowest BCUT2D eigenvalue weighted by molar-refractivity contribution is -0.140. The fraction of sp³-hybridized carbons (Fsp3) is 0.394. The number of rotatable bonds is 11. The molecule has 0 spiro atoms. The Balaban J connectivity index is 1.73. The molecule has 7 nitrogen and oxygen atoms in total. The standard InChI is InChI=1S/C33H41N3O4S/c1-25-14-13-15-26(2)32(25)36(41(3,39)40)24-31(37)35(23-28-18-9-5-10-19-28)30(22-27-16-7-4-8-17-27)33(38)34-29-20-11-6-12-21-29/h4-5,7-10,13-19,29-30H,6,11-12,20-24H2,1-3H3,(H,34,38). The summed E-state index contributed by atoms with van der Waals surface area (Å²) in [6.45, 7) is 3.45. The first kappa shape index (κ1) is 30.3. The number of anilines is 1. The molecule has 0 heterocycles. The number of para-hydroxylation sites is 1. The molecule has 1 saturated carbocycles. The minimum Gasteiger partial charge on any atom is -0.352 e. The third kappa shape index (κ3) is 8.19. The Morgan fingerprint density at radius 2 is 1.39 bits per heavy atom. The lowest BCUT2D eigenvalue weighted by Gasteiger charge is -2.35. The van der Waals surface area contributed by atoms with Gasteiger partial charge < -0.3 is 10.2 Å². The predicted molar refractivity (Wildman–Crippen MR) is 164 cm³/mol. The van der Waals surface area contributed by atoms with Crippen LogP contribution in [0.5, 0.6) is 0 Å². The Kier molecular flexibility index (Phi) is 10.2. The van der Waals surface area contributed by atoms with Gasteiger partial charge in [-0.1, -0.05) is 98.1 Å². The van der Waals surface area contributed by atoms with Crippen LogP contribution in [0.1, 0.15) is 54.4 Å². The van der Waals surface area contributed by atoms with Crippen LogP contribution in [-0.2, 0) is 32.6 Å². The minimum atomic E-state index is -3.81. The van der Waals surface area contributed by atoms with Crippen molar-refractivity contribution in [3.05, 3.63) is 101 Å². The quantitative estimate of drug-likeness (QED) is 0.342. The van der Waals surface area contributed by atoms with Crippen LogP contribution in [0.3, 0.4) is 0 Å². The summed E-state index contributed by atoms with van der Waals surface area (Å²) >= 11 is 0. The van der Waals surface area contributed by atoms with Crippen molar-refractivity contribution in [1.82, 2.24) is 10.2 Å². The molecule has 1 N–H and O–H groups in total. The van der Waals surface area contributed by atoms with E-state index in [0.717, 1.165) is 60.6 Å². The van der Waals surface area contributed by atoms with Gasteiger partial charge in [0.15, 0.2) is 0 Å². The second-order valence-electron chi connectivity index (χ2n) is 11.1. The zero-order chi connectivity index (χ0) is 29.4. The number of carbonyl (C=O) groups excluding carboxylic acids is 2. The molecule has 0 saturated heterocycles. The Morgan fingerprint density at radius 1 is 0.829 bits per heavy atom. The Bertz CT molecular complexity index is 1400. The predicted octanol–water partition coefficient (Wildman–Crippen LogP) is 5.16. The van der Waals surface area contributed by atoms with Gasteiger partial charge in [-0.2, -0.15) is 0 Å². The summed E-state index contributed by atoms with van der Waals surface area (Å²) in [5.74, 6) is -0.635. The summed E-state index contributed by atoms with van der Waals surface area (Å²) in [6, 6.07) is 24.0. The third-order valence-electron chi connectivity index (χ3n) is 7.79. The molecule has 41 heavy (non-hydrogen) atoms. The van der Waals surface area contributed by atoms with Crippen molar-refractivity contribution in [2.75, 3.05) is 17.1 Å². The molecule has 0 radical (unpaired) electrons. The summed E-state index contributed by atoms with van der Waals surface area (Å²) in [5.41, 5.74) is 3.80. The Morgan fingerprint density at radius 3 is 1.95 bits per heavy atom. The molecular weight excluding hydrogens is 534 g/mol. The smallest absolute Gasteiger partial charge is 0.244 e. The van der Waals surface area contributed by atoms with E-state index < -0.39 is 28.5 Å². The molecule has 1 unspecified atom stereocenters. The van der Waals surface area contributed by atoms with Gasteiger partial charge in [0.1, 0.15) is 12.6 Å². The summed E-state index contributed by atoms with van der Waals surface area (Å²) in [7, 11) is -3.81. The van der Waals surface area contributed by atoms with Gasteiger partial charge in [0.25, 0.3) is 0 Å². The normalized spacial score (nSPS) is 14.7. The first-order chi connectivity index (χ1) is 19.6. The van der Waals surface area contributed by atoms with Crippen LogP contribution in [0.4, 0.5) is 5.69 Å². The van der Waals surface area contributed by atoms with Gasteiger partial charge in [-0.05, 0) is 48.9 Å². The van der Waals surface area contributed by atoms with Crippen LogP contribution in [0.25, 0.3) is 0 Å². The lowest BCUT2D eigenvalue weighted by Crippen LogP contribution is -2.55. The largest absolute Gasteiger partial charge is 0.352 e. The van der Waals surface area contributed by atoms with Crippen molar-refractivity contribution in [2.24, 2.45) is 0 Å². The summed E-state index contributed by atoms with van der Waals surface area (Å²) < 4.78 is 27.3. The van der Waals surface area contributed by atoms with Gasteiger partial charge in [0, 0.05) is 19.0 Å². The minimum absolute atomic E-state index is 0.0744. The number of benzene rings is 3. The molecule has 0 bridgehead atoms. The second kappa shape index (κ2) is 13.8. The topological polar surface area (TPSA) is 86.8 Å². The van der Waals surface area contributed by atoms with Gasteiger partial charge in [-0.25, -0.2) is 8.42 Å². The highest BCUT2D eigenvalue weighted by Crippen LogP contribution is 2.27. The fourth-order valence-corrected chi connectivity index (χ4v) is 6.62. The first-order valence-corrected chi connectivity index (χ1v) is 16.2. The number of nitrogens with one attached hydrogen (secondary N) is 1. The van der Waals surface area contributed by atoms with Crippen LogP contribution >= 0.6 is 0 Å². The molecule has 2 amide bonds. The van der Waals surface area contributed by atoms with Crippen molar-refractivity contribution >= 4 is 27.5 Å². The van der Waals surface area contributed by atoms with Crippen LogP contribution in [0, 0.1) is 13.8 Å². The third-order valence-corrected chi connectivity index (χ3v) is 8.90. The SMILES string of the molecule is Cc1cccc(C)c1N(CC(=O)N(Cc1ccccc1)C(Cc1ccccc1)C(=O)NC1CCCCC1)S(C)(=O)=O. The van der Waals surface area contributed by atoms with E-state index in [1.807, 2.05) is 92.7 Å². The zero-order valence-corrected chi connectivity index (χ0v) is 25.1. The molecular formula is C33H41N3O4S. The number of hydrogen-bond donors (Lipinski definition) is 1. The van der Waals surface area contributed by atoms with Gasteiger partial charge in [-0.15, -0.1) is 0 Å². The van der Waals surface area contributed by atoms with Crippen molar-refractivity contribution < 1.29 is 18.0 Å². The summed E-state index contributed by atoms with van der Waals surface area (Å²) in [4.78, 5) is 29.8. The van der Waals surface area contributed by atoms with Crippen molar-refractivity contribution in [1.29, 1.82) is 0 Å². The number of sulfonamides is 1. The molecule has 1 aliphatic rings. The second-order valence-corrected chi connectivity index (χ2v) is 13.0. The number of nitrogens with zero attached hydrogens (tertiary/aromatic N) is 2. The molecule has 1 aliphatic carbocycles. The van der Waals surface area contributed by atoms with Gasteiger partial charge in [0.05, 0.1) is 11.9 Å². The van der Waals surface area contributed by atoms with Crippen LogP contribution in [0.15, 0.2) is 78.9 Å². The molecule has 1 atom stereocenters. The molecule has 218 valence electrons. The fourth-order valence-electron chi connectivity index (χ4n) is 5.65. The molecule has 3 aromatic carbocycles. The van der Waals surface area contributed by atoms with E-state index in [0.29, 0.717) is 12.1 Å². The highest BCUT2D eigenvalue weighted by atomic mass is 32.2. The van der Waals surface area contributed by atoms with Gasteiger partial charge in [0.2, 0.25) is 21.8 Å². The number of amides is 2. The van der Waals surface area contributed by atoms with E-state index in [1.54, 1.807) is 4.90 Å². The Labute approximate surface area is 244 Å². The zero-order valence-electron chi connectivity index (χ0n) is 24.3. The van der Waals surface area contributed by atoms with Crippen LogP contribution < -0.4 is 9.62 Å². The lowest BCUT2D eigenvalue weighted by atomic mass is 9.94. The van der Waals surface area contributed by atoms with Gasteiger partial charge >= 0.3 is 0 Å².